The molecule has 0 heterocycles. The zero-order valence-corrected chi connectivity index (χ0v) is 21.1. The number of unbranched alkanes of at least 4 members (excludes halogenated alkanes) is 13. The Labute approximate surface area is 206 Å². The van der Waals surface area contributed by atoms with Crippen molar-refractivity contribution in [2.75, 3.05) is 0 Å². The molecule has 2 atom stereocenters. The Kier molecular flexibility index (Phi) is 13.7. The van der Waals surface area contributed by atoms with Crippen LogP contribution in [0.5, 0.6) is 11.5 Å². The van der Waals surface area contributed by atoms with Gasteiger partial charge in [-0.2, -0.15) is 0 Å². The highest BCUT2D eigenvalue weighted by molar-refractivity contribution is 5.78. The number of phenolic OH excluding ortho intramolecular Hbond substituents is 2. The number of benzene rings is 2. The maximum atomic E-state index is 10.8. The predicted octanol–water partition coefficient (Wildman–Crippen LogP) is 8.03. The Balaban J connectivity index is 1.65. The van der Waals surface area contributed by atoms with Crippen LogP contribution in [0.4, 0.5) is 0 Å². The summed E-state index contributed by atoms with van der Waals surface area (Å²) in [4.78, 5) is 0. The van der Waals surface area contributed by atoms with Gasteiger partial charge in [-0.25, -0.2) is 0 Å². The number of hydrogen-bond acceptors (Lipinski definition) is 4. The molecule has 190 valence electrons. The maximum Gasteiger partial charge on any atom is 0.123 e. The van der Waals surface area contributed by atoms with Crippen LogP contribution < -0.4 is 0 Å². The molecule has 0 aliphatic heterocycles. The molecule has 0 saturated heterocycles. The van der Waals surface area contributed by atoms with Crippen molar-refractivity contribution in [3.8, 4) is 22.6 Å². The molecule has 4 heteroatoms. The van der Waals surface area contributed by atoms with Gasteiger partial charge in [0.05, 0.1) is 6.10 Å². The van der Waals surface area contributed by atoms with E-state index in [1.807, 2.05) is 0 Å². The predicted molar refractivity (Wildman–Crippen MR) is 141 cm³/mol. The maximum absolute atomic E-state index is 10.8. The first-order chi connectivity index (χ1) is 16.6. The minimum absolute atomic E-state index is 0.0262. The van der Waals surface area contributed by atoms with Crippen molar-refractivity contribution in [3.63, 3.8) is 0 Å². The molecular weight excluding hydrogens is 424 g/mol. The van der Waals surface area contributed by atoms with Crippen LogP contribution >= 0.6 is 0 Å². The van der Waals surface area contributed by atoms with Crippen LogP contribution in [0, 0.1) is 0 Å². The lowest BCUT2D eigenvalue weighted by Gasteiger charge is -2.22. The first-order valence-corrected chi connectivity index (χ1v) is 13.5. The molecule has 0 aliphatic rings. The van der Waals surface area contributed by atoms with Gasteiger partial charge in [-0.3, -0.25) is 0 Å². The van der Waals surface area contributed by atoms with Crippen LogP contribution in [-0.4, -0.2) is 26.5 Å². The Morgan fingerprint density at radius 3 is 1.65 bits per heavy atom. The average Bonchev–Trinajstić information content (AvgIpc) is 2.84. The van der Waals surface area contributed by atoms with E-state index in [0.717, 1.165) is 19.3 Å². The summed E-state index contributed by atoms with van der Waals surface area (Å²) in [5, 5.41) is 42.0. The average molecular weight is 471 g/mol. The van der Waals surface area contributed by atoms with Gasteiger partial charge >= 0.3 is 0 Å². The van der Waals surface area contributed by atoms with Gasteiger partial charge in [-0.1, -0.05) is 127 Å². The number of rotatable bonds is 18. The first-order valence-electron chi connectivity index (χ1n) is 13.5. The zero-order valence-electron chi connectivity index (χ0n) is 21.1. The van der Waals surface area contributed by atoms with Gasteiger partial charge in [0, 0.05) is 11.1 Å². The quantitative estimate of drug-likeness (QED) is 0.166. The molecule has 34 heavy (non-hydrogen) atoms. The van der Waals surface area contributed by atoms with Crippen LogP contribution in [0.3, 0.4) is 0 Å². The molecule has 0 radical (unpaired) electrons. The lowest BCUT2D eigenvalue weighted by Crippen LogP contribution is -2.19. The fourth-order valence-electron chi connectivity index (χ4n) is 4.70. The number of para-hydroxylation sites is 1. The van der Waals surface area contributed by atoms with E-state index in [-0.39, 0.29) is 11.5 Å². The summed E-state index contributed by atoms with van der Waals surface area (Å²) >= 11 is 0. The molecule has 0 aliphatic carbocycles. The summed E-state index contributed by atoms with van der Waals surface area (Å²) in [5.74, 6) is 0.000608. The molecule has 0 amide bonds. The Hall–Kier alpha value is -2.04. The van der Waals surface area contributed by atoms with Crippen molar-refractivity contribution in [1.29, 1.82) is 0 Å². The third-order valence-corrected chi connectivity index (χ3v) is 6.78. The van der Waals surface area contributed by atoms with Gasteiger partial charge in [0.2, 0.25) is 0 Å². The van der Waals surface area contributed by atoms with Gasteiger partial charge in [0.15, 0.2) is 0 Å². The number of aliphatic hydroxyl groups excluding tert-OH is 2. The third-order valence-electron chi connectivity index (χ3n) is 6.78. The molecule has 0 spiro atoms. The fraction of sp³-hybridized carbons (Fsp3) is 0.600. The van der Waals surface area contributed by atoms with Crippen LogP contribution in [0.25, 0.3) is 11.1 Å². The summed E-state index contributed by atoms with van der Waals surface area (Å²) in [7, 11) is 0. The normalized spacial score (nSPS) is 13.1. The molecule has 4 N–H and O–H groups in total. The van der Waals surface area contributed by atoms with E-state index in [2.05, 4.69) is 6.92 Å². The van der Waals surface area contributed by atoms with Gasteiger partial charge in [0.1, 0.15) is 17.6 Å². The first kappa shape index (κ1) is 28.2. The fourth-order valence-corrected chi connectivity index (χ4v) is 4.70. The second kappa shape index (κ2) is 16.6. The lowest BCUT2D eigenvalue weighted by molar-refractivity contribution is 0.0122. The smallest absolute Gasteiger partial charge is 0.123 e. The van der Waals surface area contributed by atoms with E-state index >= 15 is 0 Å². The molecule has 2 unspecified atom stereocenters. The van der Waals surface area contributed by atoms with Crippen LogP contribution in [0.1, 0.15) is 115 Å². The Bertz CT molecular complexity index is 804. The Morgan fingerprint density at radius 1 is 0.588 bits per heavy atom. The number of aromatic hydroxyl groups is 2. The highest BCUT2D eigenvalue weighted by Gasteiger charge is 2.24. The summed E-state index contributed by atoms with van der Waals surface area (Å²) < 4.78 is 0. The number of phenols is 2. The highest BCUT2D eigenvalue weighted by atomic mass is 16.3. The van der Waals surface area contributed by atoms with Crippen LogP contribution in [0.2, 0.25) is 0 Å². The zero-order chi connectivity index (χ0) is 24.6. The van der Waals surface area contributed by atoms with Crippen molar-refractivity contribution in [3.05, 3.63) is 48.0 Å². The van der Waals surface area contributed by atoms with E-state index in [9.17, 15) is 20.4 Å². The summed E-state index contributed by atoms with van der Waals surface area (Å²) in [5.41, 5.74) is 1.24. The topological polar surface area (TPSA) is 80.9 Å². The molecular formula is C30H46O4. The van der Waals surface area contributed by atoms with Crippen molar-refractivity contribution in [1.82, 2.24) is 0 Å². The largest absolute Gasteiger partial charge is 0.507 e. The van der Waals surface area contributed by atoms with Crippen molar-refractivity contribution < 1.29 is 20.4 Å². The lowest BCUT2D eigenvalue weighted by atomic mass is 9.91. The number of hydrogen-bond donors (Lipinski definition) is 4. The van der Waals surface area contributed by atoms with Gasteiger partial charge in [0.25, 0.3) is 0 Å². The van der Waals surface area contributed by atoms with Crippen LogP contribution in [-0.2, 0) is 0 Å². The highest BCUT2D eigenvalue weighted by Crippen LogP contribution is 2.41. The van der Waals surface area contributed by atoms with Gasteiger partial charge < -0.3 is 20.4 Å². The van der Waals surface area contributed by atoms with E-state index in [1.165, 1.54) is 76.7 Å². The molecule has 2 aromatic carbocycles. The van der Waals surface area contributed by atoms with Crippen LogP contribution in [0.15, 0.2) is 42.5 Å². The molecule has 4 nitrogen and oxygen atoms in total. The SMILES string of the molecule is CCCCCCCCCCCCCCCCC(O)C(O)c1cccc(O)c1-c1ccccc1O. The second-order valence-corrected chi connectivity index (χ2v) is 9.66. The van der Waals surface area contributed by atoms with E-state index in [4.69, 9.17) is 0 Å². The summed E-state index contributed by atoms with van der Waals surface area (Å²) in [6.07, 6.45) is 16.4. The van der Waals surface area contributed by atoms with Gasteiger partial charge in [-0.15, -0.1) is 0 Å². The molecule has 0 bridgehead atoms. The summed E-state index contributed by atoms with van der Waals surface area (Å²) in [6, 6.07) is 11.6. The monoisotopic (exact) mass is 470 g/mol. The molecule has 2 rings (SSSR count). The van der Waals surface area contributed by atoms with E-state index in [0.29, 0.717) is 23.1 Å². The molecule has 0 fully saturated rings. The van der Waals surface area contributed by atoms with Crippen molar-refractivity contribution in [2.45, 2.75) is 115 Å². The van der Waals surface area contributed by atoms with E-state index in [1.54, 1.807) is 36.4 Å². The van der Waals surface area contributed by atoms with Gasteiger partial charge in [-0.05, 0) is 24.1 Å². The van der Waals surface area contributed by atoms with Crippen molar-refractivity contribution >= 4 is 0 Å². The Morgan fingerprint density at radius 2 is 1.09 bits per heavy atom. The van der Waals surface area contributed by atoms with E-state index < -0.39 is 12.2 Å². The number of aliphatic hydroxyl groups is 2. The second-order valence-electron chi connectivity index (χ2n) is 9.66. The third kappa shape index (κ3) is 9.68. The van der Waals surface area contributed by atoms with Crippen molar-refractivity contribution in [2.24, 2.45) is 0 Å². The molecule has 2 aromatic rings. The standard InChI is InChI=1S/C30H46O4/c1-2-3-4-5-6-7-8-9-10-11-12-13-14-15-22-28(33)30(34)25-20-18-23-27(32)29(25)24-19-16-17-21-26(24)31/h16-21,23,28,30-34H,2-15,22H2,1H3. The molecule has 0 aromatic heterocycles. The molecule has 0 saturated carbocycles. The minimum Gasteiger partial charge on any atom is -0.507 e. The summed E-state index contributed by atoms with van der Waals surface area (Å²) in [6.45, 7) is 2.26. The minimum atomic E-state index is -1.12.